The van der Waals surface area contributed by atoms with Crippen LogP contribution in [0.4, 0.5) is 5.69 Å². The standard InChI is InChI=1S/C14H12BrN3O2/c1-7-5-14(10(6-16)12(17)20-7)9-4-8(15)2-3-11(9)18-13(14)19/h2-4,7H,5,17H2,1H3,(H,18,19)/t7?,14-/m0/s1. The number of nitrogens with zero attached hydrogens (tertiary/aromatic N) is 1. The second-order valence-corrected chi connectivity index (χ2v) is 5.95. The predicted molar refractivity (Wildman–Crippen MR) is 76.4 cm³/mol. The minimum Gasteiger partial charge on any atom is -0.476 e. The van der Waals surface area contributed by atoms with Crippen LogP contribution in [0.5, 0.6) is 0 Å². The summed E-state index contributed by atoms with van der Waals surface area (Å²) in [6.07, 6.45) is 0.161. The van der Waals surface area contributed by atoms with E-state index in [9.17, 15) is 10.1 Å². The van der Waals surface area contributed by atoms with Gasteiger partial charge in [0.2, 0.25) is 5.91 Å². The molecule has 20 heavy (non-hydrogen) atoms. The highest BCUT2D eigenvalue weighted by atomic mass is 79.9. The highest BCUT2D eigenvalue weighted by Gasteiger charge is 2.54. The fourth-order valence-corrected chi connectivity index (χ4v) is 3.35. The Bertz CT molecular complexity index is 692. The molecule has 1 unspecified atom stereocenters. The predicted octanol–water partition coefficient (Wildman–Crippen LogP) is 2.14. The molecular weight excluding hydrogens is 322 g/mol. The van der Waals surface area contributed by atoms with Crippen molar-refractivity contribution in [3.05, 3.63) is 39.7 Å². The fourth-order valence-electron chi connectivity index (χ4n) is 2.99. The Labute approximate surface area is 124 Å². The van der Waals surface area contributed by atoms with Crippen LogP contribution in [-0.2, 0) is 14.9 Å². The van der Waals surface area contributed by atoms with Crippen LogP contribution in [0.2, 0.25) is 0 Å². The van der Waals surface area contributed by atoms with Crippen molar-refractivity contribution < 1.29 is 9.53 Å². The number of anilines is 1. The van der Waals surface area contributed by atoms with Crippen LogP contribution in [0.1, 0.15) is 18.9 Å². The smallest absolute Gasteiger partial charge is 0.240 e. The van der Waals surface area contributed by atoms with E-state index in [4.69, 9.17) is 10.5 Å². The first-order chi connectivity index (χ1) is 9.49. The summed E-state index contributed by atoms with van der Waals surface area (Å²) in [5, 5.41) is 12.3. The van der Waals surface area contributed by atoms with Gasteiger partial charge >= 0.3 is 0 Å². The number of halogens is 1. The van der Waals surface area contributed by atoms with Crippen molar-refractivity contribution >= 4 is 27.5 Å². The van der Waals surface area contributed by atoms with Crippen LogP contribution < -0.4 is 11.1 Å². The van der Waals surface area contributed by atoms with E-state index in [1.807, 2.05) is 25.1 Å². The zero-order valence-corrected chi connectivity index (χ0v) is 12.3. The Morgan fingerprint density at radius 1 is 1.60 bits per heavy atom. The van der Waals surface area contributed by atoms with Gasteiger partial charge in [0.15, 0.2) is 5.88 Å². The third kappa shape index (κ3) is 1.56. The molecule has 1 amide bonds. The molecular formula is C14H12BrN3O2. The number of ether oxygens (including phenoxy) is 1. The van der Waals surface area contributed by atoms with E-state index in [0.717, 1.165) is 10.0 Å². The van der Waals surface area contributed by atoms with E-state index < -0.39 is 5.41 Å². The average molecular weight is 334 g/mol. The topological polar surface area (TPSA) is 88.1 Å². The van der Waals surface area contributed by atoms with Crippen molar-refractivity contribution in [2.75, 3.05) is 5.32 Å². The van der Waals surface area contributed by atoms with E-state index in [2.05, 4.69) is 27.3 Å². The molecule has 2 atom stereocenters. The summed E-state index contributed by atoms with van der Waals surface area (Å²) < 4.78 is 6.26. The minimum absolute atomic E-state index is 0.0363. The molecule has 0 radical (unpaired) electrons. The van der Waals surface area contributed by atoms with Crippen LogP contribution in [-0.4, -0.2) is 12.0 Å². The lowest BCUT2D eigenvalue weighted by atomic mass is 9.70. The fraction of sp³-hybridized carbons (Fsp3) is 0.286. The second kappa shape index (κ2) is 4.25. The summed E-state index contributed by atoms with van der Waals surface area (Å²) in [5.74, 6) is -0.186. The molecule has 0 bridgehead atoms. The molecule has 5 nitrogen and oxygen atoms in total. The number of carbonyl (C=O) groups excluding carboxylic acids is 1. The van der Waals surface area contributed by atoms with Crippen molar-refractivity contribution in [3.63, 3.8) is 0 Å². The van der Waals surface area contributed by atoms with Gasteiger partial charge in [-0.05, 0) is 30.7 Å². The Hall–Kier alpha value is -2.00. The van der Waals surface area contributed by atoms with Gasteiger partial charge in [0, 0.05) is 16.6 Å². The monoisotopic (exact) mass is 333 g/mol. The maximum absolute atomic E-state index is 12.6. The first-order valence-corrected chi connectivity index (χ1v) is 6.97. The van der Waals surface area contributed by atoms with Gasteiger partial charge in [-0.1, -0.05) is 15.9 Å². The van der Waals surface area contributed by atoms with E-state index in [1.165, 1.54) is 0 Å². The van der Waals surface area contributed by atoms with Crippen LogP contribution >= 0.6 is 15.9 Å². The third-order valence-electron chi connectivity index (χ3n) is 3.78. The van der Waals surface area contributed by atoms with Crippen LogP contribution in [0.3, 0.4) is 0 Å². The third-order valence-corrected chi connectivity index (χ3v) is 4.28. The molecule has 2 aliphatic rings. The zero-order chi connectivity index (χ0) is 14.5. The van der Waals surface area contributed by atoms with Gasteiger partial charge < -0.3 is 15.8 Å². The minimum atomic E-state index is -1.05. The average Bonchev–Trinajstić information content (AvgIpc) is 2.63. The normalized spacial score (nSPS) is 27.9. The molecule has 2 aliphatic heterocycles. The molecule has 6 heteroatoms. The molecule has 0 aromatic heterocycles. The van der Waals surface area contributed by atoms with E-state index in [0.29, 0.717) is 12.1 Å². The summed E-state index contributed by atoms with van der Waals surface area (Å²) in [6.45, 7) is 1.84. The molecule has 3 rings (SSSR count). The summed E-state index contributed by atoms with van der Waals surface area (Å²) in [5.41, 5.74) is 6.46. The number of rotatable bonds is 0. The molecule has 1 aromatic rings. The van der Waals surface area contributed by atoms with Crippen molar-refractivity contribution in [2.45, 2.75) is 24.9 Å². The number of carbonyl (C=O) groups is 1. The number of nitrogens with one attached hydrogen (secondary N) is 1. The van der Waals surface area contributed by atoms with Gasteiger partial charge in [-0.3, -0.25) is 4.79 Å². The first-order valence-electron chi connectivity index (χ1n) is 6.17. The van der Waals surface area contributed by atoms with Gasteiger partial charge in [0.25, 0.3) is 0 Å². The maximum atomic E-state index is 12.6. The van der Waals surface area contributed by atoms with Crippen LogP contribution in [0.25, 0.3) is 0 Å². The SMILES string of the molecule is CC1C[C@@]2(C(=O)Nc3ccc(Br)cc32)C(C#N)=C(N)O1. The second-order valence-electron chi connectivity index (χ2n) is 5.03. The Morgan fingerprint density at radius 2 is 2.35 bits per heavy atom. The molecule has 0 saturated heterocycles. The highest BCUT2D eigenvalue weighted by molar-refractivity contribution is 9.10. The van der Waals surface area contributed by atoms with Gasteiger partial charge in [0.05, 0.1) is 6.10 Å². The quantitative estimate of drug-likeness (QED) is 0.761. The van der Waals surface area contributed by atoms with Crippen molar-refractivity contribution in [2.24, 2.45) is 5.73 Å². The Kier molecular flexibility index (Phi) is 2.76. The maximum Gasteiger partial charge on any atom is 0.240 e. The number of hydrogen-bond acceptors (Lipinski definition) is 4. The van der Waals surface area contributed by atoms with E-state index in [1.54, 1.807) is 0 Å². The number of benzene rings is 1. The molecule has 102 valence electrons. The van der Waals surface area contributed by atoms with Crippen molar-refractivity contribution in [3.8, 4) is 6.07 Å². The van der Waals surface area contributed by atoms with E-state index >= 15 is 0 Å². The summed E-state index contributed by atoms with van der Waals surface area (Å²) in [7, 11) is 0. The lowest BCUT2D eigenvalue weighted by molar-refractivity contribution is -0.121. The molecule has 0 saturated carbocycles. The van der Waals surface area contributed by atoms with Crippen LogP contribution in [0.15, 0.2) is 34.1 Å². The van der Waals surface area contributed by atoms with E-state index in [-0.39, 0.29) is 23.5 Å². The molecule has 1 spiro atoms. The Balaban J connectivity index is 2.32. The summed E-state index contributed by atoms with van der Waals surface area (Å²) in [6, 6.07) is 7.57. The van der Waals surface area contributed by atoms with Gasteiger partial charge in [0.1, 0.15) is 17.1 Å². The molecule has 2 heterocycles. The number of fused-ring (bicyclic) bond motifs is 2. The number of nitrogens with two attached hydrogens (primary N) is 1. The van der Waals surface area contributed by atoms with Crippen molar-refractivity contribution in [1.82, 2.24) is 0 Å². The van der Waals surface area contributed by atoms with Gasteiger partial charge in [-0.15, -0.1) is 0 Å². The lowest BCUT2D eigenvalue weighted by Gasteiger charge is -2.35. The molecule has 0 aliphatic carbocycles. The highest BCUT2D eigenvalue weighted by Crippen LogP contribution is 2.49. The van der Waals surface area contributed by atoms with Gasteiger partial charge in [-0.25, -0.2) is 0 Å². The zero-order valence-electron chi connectivity index (χ0n) is 10.7. The van der Waals surface area contributed by atoms with Gasteiger partial charge in [-0.2, -0.15) is 5.26 Å². The molecule has 1 aromatic carbocycles. The largest absolute Gasteiger partial charge is 0.476 e. The summed E-state index contributed by atoms with van der Waals surface area (Å²) in [4.78, 5) is 12.6. The number of hydrogen-bond donors (Lipinski definition) is 2. The number of nitriles is 1. The van der Waals surface area contributed by atoms with Crippen molar-refractivity contribution in [1.29, 1.82) is 5.26 Å². The summed E-state index contributed by atoms with van der Waals surface area (Å²) >= 11 is 3.41. The van der Waals surface area contributed by atoms with Crippen LogP contribution in [0, 0.1) is 11.3 Å². The Morgan fingerprint density at radius 3 is 3.05 bits per heavy atom. The molecule has 0 fully saturated rings. The lowest BCUT2D eigenvalue weighted by Crippen LogP contribution is -2.44. The number of amides is 1. The molecule has 3 N–H and O–H groups in total. The first kappa shape index (κ1) is 13.0.